The number of hydrogen-bond acceptors (Lipinski definition) is 14. The topological polar surface area (TPSA) is 204 Å². The predicted octanol–water partition coefficient (Wildman–Crippen LogP) is -0.526. The highest BCUT2D eigenvalue weighted by atomic mass is 32.2. The van der Waals surface area contributed by atoms with Crippen molar-refractivity contribution in [3.8, 4) is 0 Å². The van der Waals surface area contributed by atoms with E-state index in [9.17, 15) is 24.0 Å². The number of ether oxygens (including phenoxy) is 1. The Morgan fingerprint density at radius 3 is 2.87 bits per heavy atom. The van der Waals surface area contributed by atoms with Gasteiger partial charge in [0.2, 0.25) is 0 Å². The molecule has 206 valence electrons. The summed E-state index contributed by atoms with van der Waals surface area (Å²) >= 11 is 3.67. The monoisotopic (exact) mass is 594 g/mol. The van der Waals surface area contributed by atoms with Gasteiger partial charge in [-0.2, -0.15) is 0 Å². The fraction of sp³-hybridized carbons (Fsp3) is 0.333. The molecule has 1 saturated heterocycles. The first kappa shape index (κ1) is 28.1. The average Bonchev–Trinajstić information content (AvgIpc) is 3.34. The number of carbonyl (C=O) groups excluding carboxylic acids is 3. The van der Waals surface area contributed by atoms with Crippen LogP contribution in [0.1, 0.15) is 12.6 Å². The zero-order chi connectivity index (χ0) is 28.1. The number of β-lactam (4-membered cyclic amide) rings is 1. The van der Waals surface area contributed by atoms with Crippen molar-refractivity contribution in [2.24, 2.45) is 5.16 Å². The van der Waals surface area contributed by atoms with Crippen molar-refractivity contribution in [1.29, 1.82) is 0 Å². The summed E-state index contributed by atoms with van der Waals surface area (Å²) in [5.74, 6) is -0.876. The first-order valence-corrected chi connectivity index (χ1v) is 13.9. The number of hydrogen-bond donors (Lipinski definition) is 3. The lowest BCUT2D eigenvalue weighted by Crippen LogP contribution is -2.69. The van der Waals surface area contributed by atoms with Crippen molar-refractivity contribution in [3.05, 3.63) is 55.0 Å². The van der Waals surface area contributed by atoms with E-state index in [0.717, 1.165) is 33.2 Å². The normalized spacial score (nSPS) is 18.8. The van der Waals surface area contributed by atoms with Crippen LogP contribution in [0, 0.1) is 0 Å². The molecule has 0 bridgehead atoms. The van der Waals surface area contributed by atoms with Crippen LogP contribution in [0.15, 0.2) is 48.5 Å². The molecule has 2 aliphatic rings. The van der Waals surface area contributed by atoms with Gasteiger partial charge in [0.25, 0.3) is 11.8 Å². The molecule has 15 nitrogen and oxygen atoms in total. The number of nitrogens with zero attached hydrogens (tertiary/aromatic N) is 5. The molecule has 39 heavy (non-hydrogen) atoms. The standard InChI is InChI=1S/C21H22N8O7S3/c1-10(30)36-5-4-28-18(34)16(32)25-26-21(28)37-6-3-11-7-29-17(33)14(19(29)38-8-11)24-15(31)13(27-35-2)12-9-39-20(22)23-12/h3,6-7,9,14,19H,4-5,8H2,1-2H3,(H2,22,23)(H,24,31)(H,25,32)/b6-3+,27-13-. The first-order chi connectivity index (χ1) is 18.7. The molecule has 2 aliphatic heterocycles. The fourth-order valence-corrected chi connectivity index (χ4v) is 6.04. The molecule has 4 heterocycles. The summed E-state index contributed by atoms with van der Waals surface area (Å²) in [4.78, 5) is 70.8. The van der Waals surface area contributed by atoms with Gasteiger partial charge >= 0.3 is 17.1 Å². The molecule has 0 radical (unpaired) electrons. The summed E-state index contributed by atoms with van der Waals surface area (Å²) in [5, 5.41) is 15.8. The van der Waals surface area contributed by atoms with Gasteiger partial charge in [-0.15, -0.1) is 28.2 Å². The third kappa shape index (κ3) is 6.40. The van der Waals surface area contributed by atoms with Gasteiger partial charge in [-0.3, -0.25) is 28.5 Å². The van der Waals surface area contributed by atoms with E-state index in [2.05, 4.69) is 25.7 Å². The second-order valence-electron chi connectivity index (χ2n) is 7.85. The summed E-state index contributed by atoms with van der Waals surface area (Å²) < 4.78 is 5.97. The maximum Gasteiger partial charge on any atom is 0.330 e. The molecule has 0 spiro atoms. The second kappa shape index (κ2) is 12.3. The molecule has 2 amide bonds. The number of nitrogens with one attached hydrogen (secondary N) is 2. The molecule has 0 aliphatic carbocycles. The highest BCUT2D eigenvalue weighted by Gasteiger charge is 2.49. The number of anilines is 1. The predicted molar refractivity (Wildman–Crippen MR) is 144 cm³/mol. The minimum Gasteiger partial charge on any atom is -0.464 e. The number of H-pyrrole nitrogens is 1. The van der Waals surface area contributed by atoms with E-state index in [4.69, 9.17) is 15.3 Å². The molecule has 2 aromatic rings. The Morgan fingerprint density at radius 1 is 1.38 bits per heavy atom. The van der Waals surface area contributed by atoms with Gasteiger partial charge in [0.1, 0.15) is 30.8 Å². The number of allylic oxidation sites excluding steroid dienone is 1. The van der Waals surface area contributed by atoms with Gasteiger partial charge < -0.3 is 25.5 Å². The lowest BCUT2D eigenvalue weighted by Gasteiger charge is -2.47. The summed E-state index contributed by atoms with van der Waals surface area (Å²) in [7, 11) is 1.30. The van der Waals surface area contributed by atoms with Gasteiger partial charge in [0.15, 0.2) is 16.0 Å². The third-order valence-electron chi connectivity index (χ3n) is 5.25. The number of thioether (sulfide) groups is 2. The molecule has 1 fully saturated rings. The van der Waals surface area contributed by atoms with Crippen LogP contribution in [-0.2, 0) is 30.5 Å². The number of aromatic nitrogens is 4. The van der Waals surface area contributed by atoms with Crippen LogP contribution < -0.4 is 22.2 Å². The van der Waals surface area contributed by atoms with Crippen molar-refractivity contribution < 1.29 is 24.0 Å². The van der Waals surface area contributed by atoms with Crippen LogP contribution >= 0.6 is 34.9 Å². The quantitative estimate of drug-likeness (QED) is 0.0793. The molecule has 2 atom stereocenters. The summed E-state index contributed by atoms with van der Waals surface area (Å²) in [6, 6.07) is -0.756. The van der Waals surface area contributed by atoms with Crippen molar-refractivity contribution in [1.82, 2.24) is 30.0 Å². The number of rotatable bonds is 10. The molecule has 4 N–H and O–H groups in total. The zero-order valence-electron chi connectivity index (χ0n) is 20.5. The van der Waals surface area contributed by atoms with Gasteiger partial charge in [-0.05, 0) is 17.1 Å². The van der Waals surface area contributed by atoms with E-state index in [0.29, 0.717) is 5.75 Å². The van der Waals surface area contributed by atoms with Crippen LogP contribution in [-0.4, -0.2) is 79.0 Å². The summed E-state index contributed by atoms with van der Waals surface area (Å²) in [6.07, 6.45) is 3.43. The molecule has 2 unspecified atom stereocenters. The lowest BCUT2D eigenvalue weighted by molar-refractivity contribution is -0.144. The highest BCUT2D eigenvalue weighted by Crippen LogP contribution is 2.36. The van der Waals surface area contributed by atoms with E-state index in [1.807, 2.05) is 0 Å². The molecule has 0 aromatic carbocycles. The minimum absolute atomic E-state index is 0.0339. The summed E-state index contributed by atoms with van der Waals surface area (Å²) in [5.41, 5.74) is 4.90. The van der Waals surface area contributed by atoms with Crippen LogP contribution in [0.2, 0.25) is 0 Å². The Hall–Kier alpha value is -3.90. The van der Waals surface area contributed by atoms with Crippen molar-refractivity contribution >= 4 is 63.5 Å². The van der Waals surface area contributed by atoms with Crippen LogP contribution in [0.25, 0.3) is 0 Å². The first-order valence-electron chi connectivity index (χ1n) is 11.1. The number of fused-ring (bicyclic) bond motifs is 1. The SMILES string of the molecule is CO/N=C(\C(=O)NC1C(=O)N2C=C(/C=C/Sc3n[nH]c(=O)c(=O)n3CCOC(C)=O)CSC12)c1csc(N)n1. The summed E-state index contributed by atoms with van der Waals surface area (Å²) in [6.45, 7) is 1.11. The van der Waals surface area contributed by atoms with Gasteiger partial charge in [0, 0.05) is 24.3 Å². The van der Waals surface area contributed by atoms with Gasteiger partial charge in [-0.25, -0.2) is 10.1 Å². The van der Waals surface area contributed by atoms with Crippen LogP contribution in [0.5, 0.6) is 0 Å². The van der Waals surface area contributed by atoms with E-state index >= 15 is 0 Å². The number of oxime groups is 1. The second-order valence-corrected chi connectivity index (χ2v) is 10.7. The molecule has 4 rings (SSSR count). The van der Waals surface area contributed by atoms with Crippen molar-refractivity contribution in [3.63, 3.8) is 0 Å². The average molecular weight is 595 g/mol. The molecule has 2 aromatic heterocycles. The maximum absolute atomic E-state index is 12.8. The van der Waals surface area contributed by atoms with Gasteiger partial charge in [-0.1, -0.05) is 16.9 Å². The number of esters is 1. The number of aromatic amines is 1. The van der Waals surface area contributed by atoms with E-state index in [-0.39, 0.29) is 46.1 Å². The Morgan fingerprint density at radius 2 is 2.18 bits per heavy atom. The fourth-order valence-electron chi connectivity index (χ4n) is 3.49. The molecule has 0 saturated carbocycles. The number of nitrogens with two attached hydrogens (primary N) is 1. The number of nitrogen functional groups attached to an aromatic ring is 1. The zero-order valence-corrected chi connectivity index (χ0v) is 22.9. The number of carbonyl (C=O) groups is 3. The Kier molecular flexibility index (Phi) is 8.87. The lowest BCUT2D eigenvalue weighted by atomic mass is 10.1. The smallest absolute Gasteiger partial charge is 0.330 e. The Balaban J connectivity index is 1.38. The van der Waals surface area contributed by atoms with Gasteiger partial charge in [0.05, 0.1) is 6.54 Å². The van der Waals surface area contributed by atoms with Crippen molar-refractivity contribution in [2.45, 2.75) is 30.0 Å². The van der Waals surface area contributed by atoms with E-state index in [1.54, 1.807) is 23.1 Å². The van der Waals surface area contributed by atoms with E-state index < -0.39 is 29.0 Å². The highest BCUT2D eigenvalue weighted by molar-refractivity contribution is 8.02. The third-order valence-corrected chi connectivity index (χ3v) is 8.06. The van der Waals surface area contributed by atoms with Crippen LogP contribution in [0.4, 0.5) is 5.13 Å². The van der Waals surface area contributed by atoms with E-state index in [1.165, 1.54) is 30.7 Å². The molecule has 18 heteroatoms. The molecular weight excluding hydrogens is 572 g/mol. The van der Waals surface area contributed by atoms with Crippen molar-refractivity contribution in [2.75, 3.05) is 25.2 Å². The maximum atomic E-state index is 12.8. The minimum atomic E-state index is -0.891. The molecular formula is C21H22N8O7S3. The Labute approximate surface area is 232 Å². The number of amides is 2. The van der Waals surface area contributed by atoms with Crippen LogP contribution in [0.3, 0.4) is 0 Å². The largest absolute Gasteiger partial charge is 0.464 e. The Bertz CT molecular complexity index is 1490. The number of thiazole rings is 1.